The van der Waals surface area contributed by atoms with E-state index in [9.17, 15) is 23.2 Å². The number of amides is 1. The van der Waals surface area contributed by atoms with Crippen LogP contribution in [0.25, 0.3) is 6.08 Å². The zero-order valence-electron chi connectivity index (χ0n) is 13.9. The molecule has 1 atom stereocenters. The largest absolute Gasteiger partial charge is 0.346 e. The molecule has 25 heavy (non-hydrogen) atoms. The van der Waals surface area contributed by atoms with Crippen molar-refractivity contribution >= 4 is 12.0 Å². The van der Waals surface area contributed by atoms with Gasteiger partial charge < -0.3 is 9.88 Å². The van der Waals surface area contributed by atoms with Crippen molar-refractivity contribution in [1.29, 1.82) is 0 Å². The molecular weight excluding hydrogens is 332 g/mol. The first-order valence-corrected chi connectivity index (χ1v) is 7.41. The van der Waals surface area contributed by atoms with Crippen molar-refractivity contribution in [1.82, 2.24) is 14.5 Å². The first kappa shape index (κ1) is 18.3. The molecule has 8 heteroatoms. The summed E-state index contributed by atoms with van der Waals surface area (Å²) in [5.41, 5.74) is -0.432. The van der Waals surface area contributed by atoms with Gasteiger partial charge in [-0.2, -0.15) is 0 Å². The number of hydrogen-bond donors (Lipinski definition) is 1. The number of carbonyl (C=O) groups is 1. The average Bonchev–Trinajstić information content (AvgIpc) is 2.57. The molecule has 1 amide bonds. The van der Waals surface area contributed by atoms with E-state index in [2.05, 4.69) is 5.32 Å². The summed E-state index contributed by atoms with van der Waals surface area (Å²) in [7, 11) is 2.83. The number of rotatable bonds is 4. The van der Waals surface area contributed by atoms with E-state index in [-0.39, 0.29) is 5.56 Å². The molecule has 6 nitrogen and oxygen atoms in total. The lowest BCUT2D eigenvalue weighted by Gasteiger charge is -2.13. The standard InChI is InChI=1S/C17H17F2N3O3/c1-10(11-4-6-13(18)14(19)8-11)20-15(23)7-5-12-9-21(2)17(25)22(3)16(12)24/h4-10H,1-3H3,(H,20,23)/b7-5+. The number of carbonyl (C=O) groups excluding carboxylic acids is 1. The van der Waals surface area contributed by atoms with Gasteiger partial charge in [-0.05, 0) is 30.7 Å². The van der Waals surface area contributed by atoms with Gasteiger partial charge in [0.15, 0.2) is 11.6 Å². The molecule has 0 saturated carbocycles. The third-order valence-electron chi connectivity index (χ3n) is 3.69. The molecule has 0 bridgehead atoms. The van der Waals surface area contributed by atoms with Gasteiger partial charge in [-0.3, -0.25) is 14.2 Å². The second-order valence-electron chi connectivity index (χ2n) is 5.58. The molecule has 1 aromatic carbocycles. The Hall–Kier alpha value is -3.03. The van der Waals surface area contributed by atoms with Gasteiger partial charge in [0.05, 0.1) is 11.6 Å². The van der Waals surface area contributed by atoms with Gasteiger partial charge in [0.25, 0.3) is 5.56 Å². The lowest BCUT2D eigenvalue weighted by molar-refractivity contribution is -0.117. The van der Waals surface area contributed by atoms with E-state index < -0.39 is 34.8 Å². The Bertz CT molecular complexity index is 961. The predicted molar refractivity (Wildman–Crippen MR) is 88.9 cm³/mol. The number of nitrogens with zero attached hydrogens (tertiary/aromatic N) is 2. The molecule has 132 valence electrons. The van der Waals surface area contributed by atoms with Crippen LogP contribution in [-0.2, 0) is 18.9 Å². The maximum atomic E-state index is 13.2. The highest BCUT2D eigenvalue weighted by Crippen LogP contribution is 2.15. The Kier molecular flexibility index (Phi) is 5.31. The fourth-order valence-corrected chi connectivity index (χ4v) is 2.24. The molecule has 1 aromatic heterocycles. The quantitative estimate of drug-likeness (QED) is 0.845. The van der Waals surface area contributed by atoms with E-state index >= 15 is 0 Å². The van der Waals surface area contributed by atoms with Gasteiger partial charge in [-0.25, -0.2) is 13.6 Å². The molecule has 0 aliphatic carbocycles. The summed E-state index contributed by atoms with van der Waals surface area (Å²) >= 11 is 0. The summed E-state index contributed by atoms with van der Waals surface area (Å²) in [6.45, 7) is 1.61. The topological polar surface area (TPSA) is 73.1 Å². The molecule has 2 rings (SSSR count). The van der Waals surface area contributed by atoms with Crippen molar-refractivity contribution in [2.45, 2.75) is 13.0 Å². The average molecular weight is 349 g/mol. The van der Waals surface area contributed by atoms with Gasteiger partial charge in [0.1, 0.15) is 0 Å². The first-order chi connectivity index (χ1) is 11.7. The molecule has 1 unspecified atom stereocenters. The second kappa shape index (κ2) is 7.25. The molecule has 0 saturated heterocycles. The number of benzene rings is 1. The summed E-state index contributed by atoms with van der Waals surface area (Å²) in [6, 6.07) is 2.80. The number of halogens is 2. The molecular formula is C17H17F2N3O3. The minimum absolute atomic E-state index is 0.167. The van der Waals surface area contributed by atoms with Crippen molar-refractivity contribution in [2.24, 2.45) is 14.1 Å². The maximum Gasteiger partial charge on any atom is 0.330 e. The Morgan fingerprint density at radius 3 is 2.52 bits per heavy atom. The molecule has 2 aromatic rings. The number of nitrogens with one attached hydrogen (secondary N) is 1. The van der Waals surface area contributed by atoms with Crippen molar-refractivity contribution < 1.29 is 13.6 Å². The fourth-order valence-electron chi connectivity index (χ4n) is 2.24. The zero-order valence-corrected chi connectivity index (χ0v) is 13.9. The number of hydrogen-bond acceptors (Lipinski definition) is 3. The van der Waals surface area contributed by atoms with Crippen LogP contribution in [0.15, 0.2) is 40.1 Å². The van der Waals surface area contributed by atoms with Crippen LogP contribution in [-0.4, -0.2) is 15.0 Å². The van der Waals surface area contributed by atoms with Crippen LogP contribution in [0.3, 0.4) is 0 Å². The van der Waals surface area contributed by atoms with E-state index in [4.69, 9.17) is 0 Å². The van der Waals surface area contributed by atoms with E-state index in [1.165, 1.54) is 37.0 Å². The predicted octanol–water partition coefficient (Wildman–Crippen LogP) is 1.25. The third kappa shape index (κ3) is 4.09. The minimum Gasteiger partial charge on any atom is -0.346 e. The molecule has 0 fully saturated rings. The van der Waals surface area contributed by atoms with Gasteiger partial charge in [-0.15, -0.1) is 0 Å². The van der Waals surface area contributed by atoms with Crippen LogP contribution < -0.4 is 16.6 Å². The van der Waals surface area contributed by atoms with Crippen LogP contribution in [0.5, 0.6) is 0 Å². The summed E-state index contributed by atoms with van der Waals surface area (Å²) in [5.74, 6) is -2.48. The second-order valence-corrected chi connectivity index (χ2v) is 5.58. The zero-order chi connectivity index (χ0) is 18.7. The van der Waals surface area contributed by atoms with Crippen LogP contribution in [0.4, 0.5) is 8.78 Å². The summed E-state index contributed by atoms with van der Waals surface area (Å²) in [5, 5.41) is 2.58. The van der Waals surface area contributed by atoms with Crippen LogP contribution in [0.1, 0.15) is 24.1 Å². The Labute approximate surface area is 142 Å². The molecule has 0 aliphatic heterocycles. The van der Waals surface area contributed by atoms with Crippen molar-refractivity contribution in [3.05, 3.63) is 74.1 Å². The third-order valence-corrected chi connectivity index (χ3v) is 3.69. The lowest BCUT2D eigenvalue weighted by atomic mass is 10.1. The van der Waals surface area contributed by atoms with Crippen LogP contribution >= 0.6 is 0 Å². The van der Waals surface area contributed by atoms with Crippen molar-refractivity contribution in [2.75, 3.05) is 0 Å². The summed E-state index contributed by atoms with van der Waals surface area (Å²) < 4.78 is 28.3. The van der Waals surface area contributed by atoms with Crippen molar-refractivity contribution in [3.63, 3.8) is 0 Å². The fraction of sp³-hybridized carbons (Fsp3) is 0.235. The van der Waals surface area contributed by atoms with Crippen LogP contribution in [0, 0.1) is 11.6 Å². The normalized spacial score (nSPS) is 12.4. The molecule has 1 N–H and O–H groups in total. The lowest BCUT2D eigenvalue weighted by Crippen LogP contribution is -2.37. The highest BCUT2D eigenvalue weighted by molar-refractivity contribution is 5.91. The highest BCUT2D eigenvalue weighted by Gasteiger charge is 2.11. The Morgan fingerprint density at radius 2 is 1.88 bits per heavy atom. The SMILES string of the molecule is CC(NC(=O)/C=C/c1cn(C)c(=O)n(C)c1=O)c1ccc(F)c(F)c1. The smallest absolute Gasteiger partial charge is 0.330 e. The van der Waals surface area contributed by atoms with Gasteiger partial charge in [-0.1, -0.05) is 6.07 Å². The molecule has 0 spiro atoms. The first-order valence-electron chi connectivity index (χ1n) is 7.41. The molecule has 1 heterocycles. The Morgan fingerprint density at radius 1 is 1.20 bits per heavy atom. The van der Waals surface area contributed by atoms with Gasteiger partial charge >= 0.3 is 5.69 Å². The maximum absolute atomic E-state index is 13.2. The van der Waals surface area contributed by atoms with E-state index in [0.717, 1.165) is 22.8 Å². The van der Waals surface area contributed by atoms with Gasteiger partial charge in [0.2, 0.25) is 5.91 Å². The monoisotopic (exact) mass is 349 g/mol. The molecule has 0 radical (unpaired) electrons. The molecule has 0 aliphatic rings. The summed E-state index contributed by atoms with van der Waals surface area (Å²) in [4.78, 5) is 35.5. The van der Waals surface area contributed by atoms with Crippen molar-refractivity contribution in [3.8, 4) is 0 Å². The van der Waals surface area contributed by atoms with E-state index in [0.29, 0.717) is 5.56 Å². The number of aromatic nitrogens is 2. The number of aryl methyl sites for hydroxylation is 1. The van der Waals surface area contributed by atoms with Gasteiger partial charge in [0, 0.05) is 26.4 Å². The van der Waals surface area contributed by atoms with E-state index in [1.807, 2.05) is 0 Å². The summed E-state index contributed by atoms with van der Waals surface area (Å²) in [6.07, 6.45) is 3.75. The minimum atomic E-state index is -0.997. The highest BCUT2D eigenvalue weighted by atomic mass is 19.2. The van der Waals surface area contributed by atoms with E-state index in [1.54, 1.807) is 6.92 Å². The Balaban J connectivity index is 2.14. The van der Waals surface area contributed by atoms with Crippen LogP contribution in [0.2, 0.25) is 0 Å².